The quantitative estimate of drug-likeness (QED) is 0.530. The van der Waals surface area contributed by atoms with E-state index in [4.69, 9.17) is 23.2 Å². The smallest absolute Gasteiger partial charge is 0.243 e. The lowest BCUT2D eigenvalue weighted by Crippen LogP contribution is -2.43. The van der Waals surface area contributed by atoms with Crippen LogP contribution in [0.5, 0.6) is 0 Å². The molecule has 2 aromatic carbocycles. The molecule has 31 heavy (non-hydrogen) atoms. The molecule has 0 bridgehead atoms. The Bertz CT molecular complexity index is 1200. The summed E-state index contributed by atoms with van der Waals surface area (Å²) < 4.78 is 27.2. The number of hydrogen-bond acceptors (Lipinski definition) is 5. The highest BCUT2D eigenvalue weighted by Gasteiger charge is 2.33. The van der Waals surface area contributed by atoms with Crippen LogP contribution in [0.2, 0.25) is 10.0 Å². The lowest BCUT2D eigenvalue weighted by atomic mass is 9.99. The second kappa shape index (κ2) is 9.26. The molecule has 1 atom stereocenters. The van der Waals surface area contributed by atoms with Gasteiger partial charge in [0.2, 0.25) is 15.9 Å². The van der Waals surface area contributed by atoms with Gasteiger partial charge in [0.25, 0.3) is 0 Å². The van der Waals surface area contributed by atoms with Gasteiger partial charge in [0.1, 0.15) is 0 Å². The monoisotopic (exact) mass is 495 g/mol. The van der Waals surface area contributed by atoms with E-state index in [0.29, 0.717) is 45.8 Å². The molecule has 4 rings (SSSR count). The molecular weight excluding hydrogens is 477 g/mol. The van der Waals surface area contributed by atoms with E-state index in [1.165, 1.54) is 15.6 Å². The summed E-state index contributed by atoms with van der Waals surface area (Å²) in [5.74, 6) is -0.694. The molecule has 1 fully saturated rings. The number of carbonyl (C=O) groups is 1. The number of benzene rings is 2. The first-order valence-electron chi connectivity index (χ1n) is 9.61. The van der Waals surface area contributed by atoms with Gasteiger partial charge < -0.3 is 5.32 Å². The lowest BCUT2D eigenvalue weighted by Gasteiger charge is -2.31. The maximum absolute atomic E-state index is 12.9. The highest BCUT2D eigenvalue weighted by Crippen LogP contribution is 2.33. The van der Waals surface area contributed by atoms with E-state index in [1.807, 2.05) is 0 Å². The number of hydrogen-bond donors (Lipinski definition) is 1. The minimum atomic E-state index is -3.63. The molecule has 0 radical (unpaired) electrons. The van der Waals surface area contributed by atoms with Crippen molar-refractivity contribution in [2.75, 3.05) is 18.4 Å². The molecule has 1 unspecified atom stereocenters. The van der Waals surface area contributed by atoms with Gasteiger partial charge in [-0.3, -0.25) is 4.79 Å². The zero-order valence-electron chi connectivity index (χ0n) is 16.3. The molecule has 0 spiro atoms. The molecule has 1 aliphatic rings. The molecule has 1 N–H and O–H groups in total. The SMILES string of the molecule is O=C(Nc1nc(-c2cc(Cl)ccc2Cl)cs1)C1CCCN(S(=O)(=O)c2ccccc2)C1. The number of rotatable bonds is 5. The van der Waals surface area contributed by atoms with E-state index in [1.54, 1.807) is 53.9 Å². The first-order valence-corrected chi connectivity index (χ1v) is 12.7. The Morgan fingerprint density at radius 1 is 1.16 bits per heavy atom. The number of thiazole rings is 1. The van der Waals surface area contributed by atoms with E-state index in [2.05, 4.69) is 10.3 Å². The van der Waals surface area contributed by atoms with E-state index < -0.39 is 15.9 Å². The summed E-state index contributed by atoms with van der Waals surface area (Å²) in [5, 5.41) is 6.10. The normalized spacial score (nSPS) is 17.4. The predicted molar refractivity (Wildman–Crippen MR) is 124 cm³/mol. The van der Waals surface area contributed by atoms with Gasteiger partial charge in [-0.15, -0.1) is 11.3 Å². The number of nitrogens with one attached hydrogen (secondary N) is 1. The maximum atomic E-state index is 12.9. The third-order valence-corrected chi connectivity index (χ3v) is 8.28. The molecule has 1 saturated heterocycles. The van der Waals surface area contributed by atoms with Gasteiger partial charge in [0, 0.05) is 29.1 Å². The van der Waals surface area contributed by atoms with Crippen molar-refractivity contribution in [1.29, 1.82) is 0 Å². The van der Waals surface area contributed by atoms with Gasteiger partial charge in [-0.25, -0.2) is 13.4 Å². The number of nitrogens with zero attached hydrogens (tertiary/aromatic N) is 2. The van der Waals surface area contributed by atoms with Gasteiger partial charge in [0.05, 0.1) is 21.5 Å². The first-order chi connectivity index (χ1) is 14.8. The van der Waals surface area contributed by atoms with E-state index in [-0.39, 0.29) is 17.3 Å². The van der Waals surface area contributed by atoms with Crippen LogP contribution in [0.25, 0.3) is 11.3 Å². The van der Waals surface area contributed by atoms with Crippen LogP contribution >= 0.6 is 34.5 Å². The molecule has 6 nitrogen and oxygen atoms in total. The molecule has 162 valence electrons. The fraction of sp³-hybridized carbons (Fsp3) is 0.238. The van der Waals surface area contributed by atoms with Crippen LogP contribution in [0.1, 0.15) is 12.8 Å². The number of sulfonamides is 1. The van der Waals surface area contributed by atoms with Crippen molar-refractivity contribution in [3.8, 4) is 11.3 Å². The first kappa shape index (κ1) is 22.2. The third-order valence-electron chi connectivity index (χ3n) is 5.07. The molecular formula is C21H19Cl2N3O3S2. The Kier molecular flexibility index (Phi) is 6.64. The molecule has 2 heterocycles. The Labute approximate surface area is 194 Å². The Morgan fingerprint density at radius 2 is 1.94 bits per heavy atom. The molecule has 10 heteroatoms. The summed E-state index contributed by atoms with van der Waals surface area (Å²) in [6, 6.07) is 13.4. The van der Waals surface area contributed by atoms with Gasteiger partial charge in [-0.05, 0) is 43.2 Å². The van der Waals surface area contributed by atoms with E-state index in [0.717, 1.165) is 0 Å². The van der Waals surface area contributed by atoms with Gasteiger partial charge in [0.15, 0.2) is 5.13 Å². The minimum Gasteiger partial charge on any atom is -0.302 e. The highest BCUT2D eigenvalue weighted by molar-refractivity contribution is 7.89. The minimum absolute atomic E-state index is 0.140. The summed E-state index contributed by atoms with van der Waals surface area (Å²) in [4.78, 5) is 17.5. The summed E-state index contributed by atoms with van der Waals surface area (Å²) in [6.07, 6.45) is 1.23. The average Bonchev–Trinajstić information content (AvgIpc) is 3.24. The number of carbonyl (C=O) groups excluding carboxylic acids is 1. The van der Waals surface area contributed by atoms with Crippen molar-refractivity contribution >= 4 is 55.6 Å². The summed E-state index contributed by atoms with van der Waals surface area (Å²) in [6.45, 7) is 0.539. The Hall–Kier alpha value is -1.97. The number of amides is 1. The summed E-state index contributed by atoms with van der Waals surface area (Å²) in [7, 11) is -3.63. The van der Waals surface area contributed by atoms with Crippen molar-refractivity contribution in [2.45, 2.75) is 17.7 Å². The van der Waals surface area contributed by atoms with Crippen LogP contribution < -0.4 is 5.32 Å². The van der Waals surface area contributed by atoms with Crippen molar-refractivity contribution in [1.82, 2.24) is 9.29 Å². The lowest BCUT2D eigenvalue weighted by molar-refractivity contribution is -0.120. The standard InChI is InChI=1S/C21H19Cl2N3O3S2/c22-15-8-9-18(23)17(11-15)19-13-30-21(24-19)25-20(27)14-5-4-10-26(12-14)31(28,29)16-6-2-1-3-7-16/h1-3,6-9,11,13-14H,4-5,10,12H2,(H,24,25,27). The predicted octanol–water partition coefficient (Wildman–Crippen LogP) is 5.16. The van der Waals surface area contributed by atoms with Crippen molar-refractivity contribution in [3.05, 3.63) is 64.0 Å². The van der Waals surface area contributed by atoms with E-state index in [9.17, 15) is 13.2 Å². The van der Waals surface area contributed by atoms with Gasteiger partial charge >= 0.3 is 0 Å². The topological polar surface area (TPSA) is 79.4 Å². The van der Waals surface area contributed by atoms with Crippen LogP contribution in [-0.2, 0) is 14.8 Å². The number of halogens is 2. The molecule has 1 aliphatic heterocycles. The van der Waals surface area contributed by atoms with Crippen LogP contribution in [-0.4, -0.2) is 36.7 Å². The molecule has 1 amide bonds. The van der Waals surface area contributed by atoms with Crippen molar-refractivity contribution in [3.63, 3.8) is 0 Å². The largest absolute Gasteiger partial charge is 0.302 e. The van der Waals surface area contributed by atoms with Crippen LogP contribution in [0.15, 0.2) is 58.8 Å². The van der Waals surface area contributed by atoms with Crippen LogP contribution in [0.3, 0.4) is 0 Å². The Balaban J connectivity index is 1.46. The van der Waals surface area contributed by atoms with Crippen LogP contribution in [0, 0.1) is 5.92 Å². The fourth-order valence-electron chi connectivity index (χ4n) is 3.47. The highest BCUT2D eigenvalue weighted by atomic mass is 35.5. The molecule has 1 aromatic heterocycles. The molecule has 0 aliphatic carbocycles. The zero-order chi connectivity index (χ0) is 22.0. The summed E-state index contributed by atoms with van der Waals surface area (Å²) in [5.41, 5.74) is 1.30. The fourth-order valence-corrected chi connectivity index (χ4v) is 6.12. The number of aromatic nitrogens is 1. The van der Waals surface area contributed by atoms with Gasteiger partial charge in [-0.2, -0.15) is 4.31 Å². The second-order valence-corrected chi connectivity index (χ2v) is 10.8. The number of anilines is 1. The zero-order valence-corrected chi connectivity index (χ0v) is 19.4. The van der Waals surface area contributed by atoms with Crippen molar-refractivity contribution in [2.24, 2.45) is 5.92 Å². The third kappa shape index (κ3) is 4.94. The van der Waals surface area contributed by atoms with E-state index >= 15 is 0 Å². The summed E-state index contributed by atoms with van der Waals surface area (Å²) >= 11 is 13.6. The van der Waals surface area contributed by atoms with Crippen molar-refractivity contribution < 1.29 is 13.2 Å². The second-order valence-electron chi connectivity index (χ2n) is 7.17. The van der Waals surface area contributed by atoms with Crippen LogP contribution in [0.4, 0.5) is 5.13 Å². The molecule has 0 saturated carbocycles. The average molecular weight is 496 g/mol. The van der Waals surface area contributed by atoms with Gasteiger partial charge in [-0.1, -0.05) is 41.4 Å². The molecule has 3 aromatic rings. The number of piperidine rings is 1. The Morgan fingerprint density at radius 3 is 2.71 bits per heavy atom. The maximum Gasteiger partial charge on any atom is 0.243 e.